The largest absolute Gasteiger partial charge is 0.484 e. The van der Waals surface area contributed by atoms with E-state index in [-0.39, 0.29) is 19.1 Å². The van der Waals surface area contributed by atoms with Gasteiger partial charge in [0.25, 0.3) is 5.91 Å². The fourth-order valence-electron chi connectivity index (χ4n) is 4.74. The number of amides is 1. The molecule has 190 valence electrons. The predicted octanol–water partition coefficient (Wildman–Crippen LogP) is 3.79. The first-order chi connectivity index (χ1) is 17.5. The summed E-state index contributed by atoms with van der Waals surface area (Å²) < 4.78 is 11.0. The van der Waals surface area contributed by atoms with Crippen molar-refractivity contribution >= 4 is 17.5 Å². The van der Waals surface area contributed by atoms with Gasteiger partial charge in [-0.2, -0.15) is 0 Å². The smallest absolute Gasteiger partial charge is 0.251 e. The number of nitrogens with one attached hydrogen (secondary N) is 1. The van der Waals surface area contributed by atoms with Gasteiger partial charge in [0.2, 0.25) is 0 Å². The van der Waals surface area contributed by atoms with E-state index in [1.165, 1.54) is 31.2 Å². The minimum absolute atomic E-state index is 0.181. The summed E-state index contributed by atoms with van der Waals surface area (Å²) in [6, 6.07) is 7.50. The fraction of sp³-hybridized carbons (Fsp3) is 0.444. The van der Waals surface area contributed by atoms with Gasteiger partial charge in [0, 0.05) is 43.6 Å². The third-order valence-electron chi connectivity index (χ3n) is 6.97. The molecule has 1 amide bonds. The molecule has 3 heterocycles. The minimum Gasteiger partial charge on any atom is -0.484 e. The molecule has 0 spiro atoms. The van der Waals surface area contributed by atoms with Crippen LogP contribution in [0.5, 0.6) is 5.75 Å². The van der Waals surface area contributed by atoms with E-state index in [4.69, 9.17) is 20.8 Å². The number of ether oxygens (including phenoxy) is 1. The molecule has 2 N–H and O–H groups in total. The summed E-state index contributed by atoms with van der Waals surface area (Å²) in [5.74, 6) is 1.77. The van der Waals surface area contributed by atoms with Crippen molar-refractivity contribution in [1.29, 1.82) is 0 Å². The minimum atomic E-state index is -0.674. The van der Waals surface area contributed by atoms with Gasteiger partial charge in [0.1, 0.15) is 12.4 Å². The molecular formula is C27H31ClN4O4. The van der Waals surface area contributed by atoms with Crippen LogP contribution in [0.25, 0.3) is 0 Å². The number of aromatic nitrogens is 2. The molecule has 8 nitrogen and oxygen atoms in total. The maximum atomic E-state index is 12.6. The van der Waals surface area contributed by atoms with Crippen LogP contribution in [0.3, 0.4) is 0 Å². The summed E-state index contributed by atoms with van der Waals surface area (Å²) in [6.07, 6.45) is 9.54. The van der Waals surface area contributed by atoms with E-state index < -0.39 is 6.10 Å². The number of aliphatic hydroxyl groups is 1. The Morgan fingerprint density at radius 2 is 2.19 bits per heavy atom. The van der Waals surface area contributed by atoms with E-state index in [0.29, 0.717) is 41.1 Å². The Morgan fingerprint density at radius 3 is 2.97 bits per heavy atom. The highest BCUT2D eigenvalue weighted by molar-refractivity contribution is 6.32. The van der Waals surface area contributed by atoms with Crippen LogP contribution < -0.4 is 10.1 Å². The predicted molar refractivity (Wildman–Crippen MR) is 135 cm³/mol. The number of aliphatic hydroxyl groups excluding tert-OH is 1. The number of nitrogens with zero attached hydrogens (tertiary/aromatic N) is 3. The third-order valence-corrected chi connectivity index (χ3v) is 7.26. The van der Waals surface area contributed by atoms with Gasteiger partial charge < -0.3 is 19.6 Å². The molecule has 36 heavy (non-hydrogen) atoms. The molecule has 5 rings (SSSR count). The first-order valence-corrected chi connectivity index (χ1v) is 12.9. The van der Waals surface area contributed by atoms with Gasteiger partial charge in [0.15, 0.2) is 12.2 Å². The Kier molecular flexibility index (Phi) is 7.84. The molecule has 1 aliphatic carbocycles. The quantitative estimate of drug-likeness (QED) is 0.428. The molecule has 2 aromatic heterocycles. The molecule has 0 unspecified atom stereocenters. The van der Waals surface area contributed by atoms with Crippen LogP contribution >= 0.6 is 11.6 Å². The van der Waals surface area contributed by atoms with Crippen molar-refractivity contribution in [2.75, 3.05) is 19.6 Å². The van der Waals surface area contributed by atoms with E-state index in [1.807, 2.05) is 18.2 Å². The number of rotatable bonds is 10. The zero-order chi connectivity index (χ0) is 24.9. The average molecular weight is 511 g/mol. The lowest BCUT2D eigenvalue weighted by molar-refractivity contribution is 0.0841. The Hall–Kier alpha value is -2.94. The van der Waals surface area contributed by atoms with Crippen molar-refractivity contribution in [3.05, 3.63) is 76.2 Å². The summed E-state index contributed by atoms with van der Waals surface area (Å²) in [6.45, 7) is 2.40. The first-order valence-electron chi connectivity index (χ1n) is 12.5. The second kappa shape index (κ2) is 11.4. The number of hydrogen-bond acceptors (Lipinski definition) is 7. The molecule has 1 fully saturated rings. The zero-order valence-corrected chi connectivity index (χ0v) is 20.9. The molecule has 0 saturated heterocycles. The highest BCUT2D eigenvalue weighted by atomic mass is 35.5. The molecule has 3 aromatic rings. The van der Waals surface area contributed by atoms with E-state index in [1.54, 1.807) is 18.5 Å². The molecule has 1 saturated carbocycles. The summed E-state index contributed by atoms with van der Waals surface area (Å²) >= 11 is 6.46. The van der Waals surface area contributed by atoms with Crippen molar-refractivity contribution in [2.45, 2.75) is 51.4 Å². The number of carbonyl (C=O) groups is 1. The SMILES string of the molecule is O=C(NC[C@H](O)CN1CCc2cc(OCc3cnco3)c(Cl)cc2C1)c1ccnc(CC2CCC2)c1. The zero-order valence-electron chi connectivity index (χ0n) is 20.2. The number of fused-ring (bicyclic) bond motifs is 1. The van der Waals surface area contributed by atoms with Gasteiger partial charge >= 0.3 is 0 Å². The highest BCUT2D eigenvalue weighted by Crippen LogP contribution is 2.32. The van der Waals surface area contributed by atoms with Crippen molar-refractivity contribution in [2.24, 2.45) is 5.92 Å². The lowest BCUT2D eigenvalue weighted by Crippen LogP contribution is -2.42. The van der Waals surface area contributed by atoms with Gasteiger partial charge in [-0.15, -0.1) is 0 Å². The van der Waals surface area contributed by atoms with E-state index >= 15 is 0 Å². The maximum absolute atomic E-state index is 12.6. The number of β-amino-alcohol motifs (C(OH)–C–C–N with tert-alkyl or cyclic N) is 1. The number of oxazole rings is 1. The lowest BCUT2D eigenvalue weighted by Gasteiger charge is -2.31. The van der Waals surface area contributed by atoms with Crippen molar-refractivity contribution in [3.63, 3.8) is 0 Å². The Balaban J connectivity index is 1.10. The summed E-state index contributed by atoms with van der Waals surface area (Å²) in [5, 5.41) is 14.0. The van der Waals surface area contributed by atoms with Gasteiger partial charge in [0.05, 0.1) is 17.3 Å². The molecule has 1 aromatic carbocycles. The van der Waals surface area contributed by atoms with Gasteiger partial charge in [-0.05, 0) is 54.2 Å². The van der Waals surface area contributed by atoms with E-state index in [2.05, 4.69) is 20.2 Å². The molecule has 2 aliphatic rings. The van der Waals surface area contributed by atoms with Gasteiger partial charge in [-0.1, -0.05) is 30.9 Å². The van der Waals surface area contributed by atoms with Crippen molar-refractivity contribution < 1.29 is 19.1 Å². The number of halogens is 1. The van der Waals surface area contributed by atoms with E-state index in [0.717, 1.165) is 30.6 Å². The first kappa shape index (κ1) is 24.7. The van der Waals surface area contributed by atoms with Crippen LogP contribution in [-0.4, -0.2) is 51.6 Å². The second-order valence-electron chi connectivity index (χ2n) is 9.69. The van der Waals surface area contributed by atoms with E-state index in [9.17, 15) is 9.90 Å². The standard InChI is InChI=1S/C27H31ClN4O4/c28-25-10-21-14-32(7-5-19(21)11-26(25)35-16-24-13-29-17-36-24)15-23(33)12-31-27(34)20-4-6-30-22(9-20)8-18-2-1-3-18/h4,6,9-11,13,17-18,23,33H,1-3,5,7-8,12,14-16H2,(H,31,34)/t23-/m0/s1. The monoisotopic (exact) mass is 510 g/mol. The van der Waals surface area contributed by atoms with Crippen LogP contribution in [0, 0.1) is 5.92 Å². The highest BCUT2D eigenvalue weighted by Gasteiger charge is 2.22. The third kappa shape index (κ3) is 6.24. The van der Waals surface area contributed by atoms with Crippen molar-refractivity contribution in [1.82, 2.24) is 20.2 Å². The molecule has 1 aliphatic heterocycles. The Bertz CT molecular complexity index is 1180. The molecule has 0 bridgehead atoms. The normalized spacial score (nSPS) is 16.7. The summed E-state index contributed by atoms with van der Waals surface area (Å²) in [7, 11) is 0. The molecule has 0 radical (unpaired) electrons. The second-order valence-corrected chi connectivity index (χ2v) is 10.1. The maximum Gasteiger partial charge on any atom is 0.251 e. The van der Waals surface area contributed by atoms with Crippen molar-refractivity contribution in [3.8, 4) is 5.75 Å². The Morgan fingerprint density at radius 1 is 1.31 bits per heavy atom. The number of carbonyl (C=O) groups excluding carboxylic acids is 1. The molecular weight excluding hydrogens is 480 g/mol. The van der Waals surface area contributed by atoms with Crippen LogP contribution in [0.4, 0.5) is 0 Å². The average Bonchev–Trinajstić information content (AvgIpc) is 3.37. The van der Waals surface area contributed by atoms with Gasteiger partial charge in [-0.3, -0.25) is 14.7 Å². The topological polar surface area (TPSA) is 101 Å². The number of benzene rings is 1. The lowest BCUT2D eigenvalue weighted by atomic mass is 9.82. The van der Waals surface area contributed by atoms with Crippen LogP contribution in [0.2, 0.25) is 5.02 Å². The van der Waals surface area contributed by atoms with Crippen LogP contribution in [0.1, 0.15) is 52.2 Å². The van der Waals surface area contributed by atoms with Gasteiger partial charge in [-0.25, -0.2) is 4.98 Å². The number of pyridine rings is 1. The molecule has 9 heteroatoms. The van der Waals surface area contributed by atoms with Crippen LogP contribution in [0.15, 0.2) is 47.5 Å². The molecule has 1 atom stereocenters. The number of hydrogen-bond donors (Lipinski definition) is 2. The fourth-order valence-corrected chi connectivity index (χ4v) is 4.98. The summed E-state index contributed by atoms with van der Waals surface area (Å²) in [4.78, 5) is 23.1. The summed E-state index contributed by atoms with van der Waals surface area (Å²) in [5.41, 5.74) is 3.85. The Labute approximate surface area is 215 Å². The van der Waals surface area contributed by atoms with Crippen LogP contribution in [-0.2, 0) is 26.0 Å².